The van der Waals surface area contributed by atoms with E-state index in [4.69, 9.17) is 5.73 Å². The van der Waals surface area contributed by atoms with E-state index >= 15 is 0 Å². The van der Waals surface area contributed by atoms with Crippen LogP contribution in [0.3, 0.4) is 0 Å². The summed E-state index contributed by atoms with van der Waals surface area (Å²) in [6.45, 7) is 6.98. The minimum absolute atomic E-state index is 0.0335. The SMILES string of the molecule is CCCCNC(=O)C(N)CC(=O)NCCNCCC. The number of rotatable bonds is 11. The number of hydrogen-bond acceptors (Lipinski definition) is 4. The molecule has 0 radical (unpaired) electrons. The molecule has 0 aliphatic heterocycles. The molecule has 19 heavy (non-hydrogen) atoms. The lowest BCUT2D eigenvalue weighted by Crippen LogP contribution is -2.44. The lowest BCUT2D eigenvalue weighted by molar-refractivity contribution is -0.127. The lowest BCUT2D eigenvalue weighted by atomic mass is 10.2. The van der Waals surface area contributed by atoms with E-state index in [1.807, 2.05) is 6.92 Å². The van der Waals surface area contributed by atoms with Crippen molar-refractivity contribution < 1.29 is 9.59 Å². The molecule has 1 atom stereocenters. The van der Waals surface area contributed by atoms with Gasteiger partial charge in [-0.05, 0) is 19.4 Å². The minimum Gasteiger partial charge on any atom is -0.355 e. The van der Waals surface area contributed by atoms with E-state index in [0.717, 1.165) is 32.4 Å². The molecular formula is C13H28N4O2. The second kappa shape index (κ2) is 11.9. The Bertz CT molecular complexity index is 259. The molecule has 0 aromatic carbocycles. The van der Waals surface area contributed by atoms with Crippen LogP contribution in [0.25, 0.3) is 0 Å². The van der Waals surface area contributed by atoms with Crippen LogP contribution in [0.4, 0.5) is 0 Å². The number of nitrogens with two attached hydrogens (primary N) is 1. The van der Waals surface area contributed by atoms with E-state index in [1.165, 1.54) is 0 Å². The number of carbonyl (C=O) groups is 2. The molecule has 0 fully saturated rings. The first-order valence-electron chi connectivity index (χ1n) is 7.12. The Morgan fingerprint density at radius 2 is 1.74 bits per heavy atom. The molecule has 0 bridgehead atoms. The second-order valence-corrected chi connectivity index (χ2v) is 4.56. The van der Waals surface area contributed by atoms with Crippen LogP contribution in [0.5, 0.6) is 0 Å². The summed E-state index contributed by atoms with van der Waals surface area (Å²) in [5.41, 5.74) is 5.66. The number of nitrogens with one attached hydrogen (secondary N) is 3. The summed E-state index contributed by atoms with van der Waals surface area (Å²) >= 11 is 0. The molecule has 1 unspecified atom stereocenters. The number of carbonyl (C=O) groups excluding carboxylic acids is 2. The fraction of sp³-hybridized carbons (Fsp3) is 0.846. The van der Waals surface area contributed by atoms with E-state index in [2.05, 4.69) is 22.9 Å². The Balaban J connectivity index is 3.64. The monoisotopic (exact) mass is 272 g/mol. The van der Waals surface area contributed by atoms with Crippen LogP contribution < -0.4 is 21.7 Å². The van der Waals surface area contributed by atoms with Gasteiger partial charge in [0.2, 0.25) is 11.8 Å². The largest absolute Gasteiger partial charge is 0.355 e. The third-order valence-electron chi connectivity index (χ3n) is 2.62. The summed E-state index contributed by atoms with van der Waals surface area (Å²) < 4.78 is 0. The molecule has 6 nitrogen and oxygen atoms in total. The van der Waals surface area contributed by atoms with Crippen LogP contribution in [0.2, 0.25) is 0 Å². The van der Waals surface area contributed by atoms with Gasteiger partial charge in [0.1, 0.15) is 0 Å². The molecular weight excluding hydrogens is 244 g/mol. The van der Waals surface area contributed by atoms with Crippen molar-refractivity contribution in [1.82, 2.24) is 16.0 Å². The quantitative estimate of drug-likeness (QED) is 0.390. The Morgan fingerprint density at radius 3 is 2.37 bits per heavy atom. The van der Waals surface area contributed by atoms with Crippen molar-refractivity contribution >= 4 is 11.8 Å². The summed E-state index contributed by atoms with van der Waals surface area (Å²) in [6, 6.07) is -0.763. The van der Waals surface area contributed by atoms with Gasteiger partial charge < -0.3 is 21.7 Å². The first-order valence-corrected chi connectivity index (χ1v) is 7.12. The van der Waals surface area contributed by atoms with E-state index in [0.29, 0.717) is 13.1 Å². The van der Waals surface area contributed by atoms with E-state index in [-0.39, 0.29) is 18.2 Å². The number of hydrogen-bond donors (Lipinski definition) is 4. The summed E-state index contributed by atoms with van der Waals surface area (Å²) in [7, 11) is 0. The van der Waals surface area contributed by atoms with Gasteiger partial charge >= 0.3 is 0 Å². The van der Waals surface area contributed by atoms with Crippen molar-refractivity contribution in [2.75, 3.05) is 26.2 Å². The molecule has 5 N–H and O–H groups in total. The van der Waals surface area contributed by atoms with Crippen molar-refractivity contribution in [2.24, 2.45) is 5.73 Å². The molecule has 0 rings (SSSR count). The molecule has 0 saturated carbocycles. The highest BCUT2D eigenvalue weighted by atomic mass is 16.2. The van der Waals surface area contributed by atoms with Crippen LogP contribution in [0, 0.1) is 0 Å². The Hall–Kier alpha value is -1.14. The molecule has 0 aliphatic carbocycles. The Labute approximate surface area is 115 Å². The molecule has 0 saturated heterocycles. The molecule has 6 heteroatoms. The third kappa shape index (κ3) is 10.5. The lowest BCUT2D eigenvalue weighted by Gasteiger charge is -2.12. The van der Waals surface area contributed by atoms with Crippen LogP contribution in [0.15, 0.2) is 0 Å². The molecule has 0 aromatic rings. The van der Waals surface area contributed by atoms with Gasteiger partial charge in [0.05, 0.1) is 12.5 Å². The van der Waals surface area contributed by atoms with Gasteiger partial charge in [0.25, 0.3) is 0 Å². The van der Waals surface area contributed by atoms with Crippen molar-refractivity contribution in [3.63, 3.8) is 0 Å². The van der Waals surface area contributed by atoms with Crippen molar-refractivity contribution in [1.29, 1.82) is 0 Å². The van der Waals surface area contributed by atoms with Gasteiger partial charge in [0, 0.05) is 19.6 Å². The summed E-state index contributed by atoms with van der Waals surface area (Å²) in [5, 5.41) is 8.63. The maximum atomic E-state index is 11.5. The van der Waals surface area contributed by atoms with Crippen molar-refractivity contribution in [3.8, 4) is 0 Å². The van der Waals surface area contributed by atoms with Crippen molar-refractivity contribution in [2.45, 2.75) is 45.6 Å². The minimum atomic E-state index is -0.763. The highest BCUT2D eigenvalue weighted by molar-refractivity contribution is 5.88. The Morgan fingerprint density at radius 1 is 1.00 bits per heavy atom. The predicted molar refractivity (Wildman–Crippen MR) is 76.7 cm³/mol. The molecule has 0 heterocycles. The summed E-state index contributed by atoms with van der Waals surface area (Å²) in [6.07, 6.45) is 3.04. The topological polar surface area (TPSA) is 96.2 Å². The fourth-order valence-electron chi connectivity index (χ4n) is 1.48. The average molecular weight is 272 g/mol. The Kier molecular flexibility index (Phi) is 11.2. The predicted octanol–water partition coefficient (Wildman–Crippen LogP) is -0.264. The average Bonchev–Trinajstić information content (AvgIpc) is 2.38. The van der Waals surface area contributed by atoms with Crippen LogP contribution in [0.1, 0.15) is 39.5 Å². The maximum Gasteiger partial charge on any atom is 0.237 e. The highest BCUT2D eigenvalue weighted by Crippen LogP contribution is 1.90. The van der Waals surface area contributed by atoms with Gasteiger partial charge in [-0.3, -0.25) is 9.59 Å². The first-order chi connectivity index (χ1) is 9.11. The zero-order valence-electron chi connectivity index (χ0n) is 12.1. The van der Waals surface area contributed by atoms with Gasteiger partial charge in [-0.15, -0.1) is 0 Å². The zero-order valence-corrected chi connectivity index (χ0v) is 12.1. The first kappa shape index (κ1) is 17.9. The standard InChI is InChI=1S/C13H28N4O2/c1-3-5-7-17-13(19)11(14)10-12(18)16-9-8-15-6-4-2/h11,15H,3-10,14H2,1-2H3,(H,16,18)(H,17,19). The van der Waals surface area contributed by atoms with E-state index < -0.39 is 6.04 Å². The molecule has 0 spiro atoms. The second-order valence-electron chi connectivity index (χ2n) is 4.56. The molecule has 112 valence electrons. The highest BCUT2D eigenvalue weighted by Gasteiger charge is 2.16. The zero-order chi connectivity index (χ0) is 14.5. The smallest absolute Gasteiger partial charge is 0.237 e. The van der Waals surface area contributed by atoms with Gasteiger partial charge in [-0.2, -0.15) is 0 Å². The maximum absolute atomic E-state index is 11.5. The van der Waals surface area contributed by atoms with Gasteiger partial charge in [-0.1, -0.05) is 20.3 Å². The van der Waals surface area contributed by atoms with E-state index in [1.54, 1.807) is 0 Å². The number of amides is 2. The third-order valence-corrected chi connectivity index (χ3v) is 2.62. The number of unbranched alkanes of at least 4 members (excludes halogenated alkanes) is 1. The molecule has 0 aliphatic rings. The van der Waals surface area contributed by atoms with Crippen LogP contribution in [-0.4, -0.2) is 44.0 Å². The van der Waals surface area contributed by atoms with Gasteiger partial charge in [0.15, 0.2) is 0 Å². The fourth-order valence-corrected chi connectivity index (χ4v) is 1.48. The summed E-state index contributed by atoms with van der Waals surface area (Å²) in [4.78, 5) is 23.1. The molecule has 2 amide bonds. The summed E-state index contributed by atoms with van der Waals surface area (Å²) in [5.74, 6) is -0.441. The van der Waals surface area contributed by atoms with E-state index in [9.17, 15) is 9.59 Å². The molecule has 0 aromatic heterocycles. The van der Waals surface area contributed by atoms with Crippen molar-refractivity contribution in [3.05, 3.63) is 0 Å². The normalized spacial score (nSPS) is 11.9. The van der Waals surface area contributed by atoms with Crippen LogP contribution in [-0.2, 0) is 9.59 Å². The van der Waals surface area contributed by atoms with Gasteiger partial charge in [-0.25, -0.2) is 0 Å². The van der Waals surface area contributed by atoms with Crippen LogP contribution >= 0.6 is 0 Å².